The number of β-lactam (4-membered cyclic amide) rings is 1. The molecular weight excluding hydrogens is 575 g/mol. The Morgan fingerprint density at radius 1 is 1.25 bits per heavy atom. The van der Waals surface area contributed by atoms with E-state index in [4.69, 9.17) is 10.6 Å². The summed E-state index contributed by atoms with van der Waals surface area (Å²) in [6.07, 6.45) is 1.63. The Kier molecular flexibility index (Phi) is 7.61. The number of nitrogens with one attached hydrogen (secondary N) is 1. The van der Waals surface area contributed by atoms with Crippen molar-refractivity contribution in [2.24, 2.45) is 5.16 Å². The minimum atomic E-state index is -1.23. The number of anilines is 1. The lowest BCUT2D eigenvalue weighted by Crippen LogP contribution is -2.71. The van der Waals surface area contributed by atoms with Crippen LogP contribution < -0.4 is 11.1 Å². The van der Waals surface area contributed by atoms with E-state index in [1.165, 1.54) is 28.4 Å². The molecule has 208 valence electrons. The Labute approximate surface area is 241 Å². The molecule has 1 fully saturated rings. The molecule has 5 rings (SSSR count). The van der Waals surface area contributed by atoms with Crippen LogP contribution in [0, 0.1) is 0 Å². The highest BCUT2D eigenvalue weighted by Crippen LogP contribution is 2.45. The van der Waals surface area contributed by atoms with Gasteiger partial charge >= 0.3 is 5.97 Å². The number of oxime groups is 1. The number of para-hydroxylation sites is 1. The van der Waals surface area contributed by atoms with E-state index in [1.807, 2.05) is 30.3 Å². The van der Waals surface area contributed by atoms with Gasteiger partial charge in [0.05, 0.1) is 11.9 Å². The summed E-state index contributed by atoms with van der Waals surface area (Å²) >= 11 is 3.74. The van der Waals surface area contributed by atoms with Crippen LogP contribution in [-0.4, -0.2) is 71.0 Å². The second-order valence-electron chi connectivity index (χ2n) is 9.67. The third-order valence-electron chi connectivity index (χ3n) is 5.65. The molecule has 4 N–H and O–H groups in total. The number of aromatic nitrogens is 3. The summed E-state index contributed by atoms with van der Waals surface area (Å²) in [6.45, 7) is 5.32. The highest BCUT2D eigenvalue weighted by Gasteiger charge is 2.54. The number of hydrogen-bond donors (Lipinski definition) is 3. The van der Waals surface area contributed by atoms with Gasteiger partial charge in [-0.05, 0) is 39.0 Å². The maximum atomic E-state index is 13.2. The maximum absolute atomic E-state index is 13.2. The van der Waals surface area contributed by atoms with Gasteiger partial charge < -0.3 is 21.0 Å². The summed E-state index contributed by atoms with van der Waals surface area (Å²) < 4.78 is 1.71. The third kappa shape index (κ3) is 5.57. The topological polar surface area (TPSA) is 165 Å². The van der Waals surface area contributed by atoms with E-state index < -0.39 is 34.8 Å². The molecule has 0 bridgehead atoms. The van der Waals surface area contributed by atoms with Crippen molar-refractivity contribution in [2.75, 3.05) is 11.5 Å². The number of carbonyl (C=O) groups excluding carboxylic acids is 2. The van der Waals surface area contributed by atoms with Gasteiger partial charge in [0.1, 0.15) is 33.4 Å². The van der Waals surface area contributed by atoms with Crippen LogP contribution in [0.25, 0.3) is 5.69 Å². The molecule has 15 heteroatoms. The quantitative estimate of drug-likeness (QED) is 0.199. The van der Waals surface area contributed by atoms with Gasteiger partial charge in [0, 0.05) is 16.0 Å². The van der Waals surface area contributed by atoms with E-state index in [0.29, 0.717) is 15.7 Å². The van der Waals surface area contributed by atoms with Crippen molar-refractivity contribution in [3.05, 3.63) is 64.3 Å². The van der Waals surface area contributed by atoms with Crippen LogP contribution >= 0.6 is 34.9 Å². The lowest BCUT2D eigenvalue weighted by Gasteiger charge is -2.49. The van der Waals surface area contributed by atoms with Crippen LogP contribution in [0.4, 0.5) is 5.13 Å². The van der Waals surface area contributed by atoms with Gasteiger partial charge in [0.15, 0.2) is 10.8 Å². The Morgan fingerprint density at radius 2 is 2.00 bits per heavy atom. The fourth-order valence-corrected chi connectivity index (χ4v) is 7.00. The molecule has 0 aliphatic carbocycles. The van der Waals surface area contributed by atoms with Gasteiger partial charge in [0.25, 0.3) is 11.8 Å². The predicted molar refractivity (Wildman–Crippen MR) is 153 cm³/mol. The molecule has 0 spiro atoms. The van der Waals surface area contributed by atoms with Gasteiger partial charge in [-0.1, -0.05) is 35.1 Å². The molecule has 2 amide bonds. The van der Waals surface area contributed by atoms with Crippen molar-refractivity contribution in [1.82, 2.24) is 25.0 Å². The highest BCUT2D eigenvalue weighted by atomic mass is 32.2. The number of carbonyl (C=O) groups is 3. The number of aliphatic carboxylic acids is 1. The van der Waals surface area contributed by atoms with Gasteiger partial charge in [0.2, 0.25) is 0 Å². The SMILES string of the molecule is CC(C)(C)O/N=C(/C(=O)N[C@@H]1C(=O)N2C(C(=O)O)=C(Sc3ccnn3-c3ccccc3)CS[C@H]12)c1csc(N)n1. The first-order chi connectivity index (χ1) is 19.0. The maximum Gasteiger partial charge on any atom is 0.353 e. The summed E-state index contributed by atoms with van der Waals surface area (Å²) in [5.41, 5.74) is 5.86. The summed E-state index contributed by atoms with van der Waals surface area (Å²) in [5.74, 6) is -2.12. The molecule has 0 saturated carbocycles. The van der Waals surface area contributed by atoms with E-state index in [0.717, 1.165) is 17.0 Å². The first-order valence-electron chi connectivity index (χ1n) is 12.0. The number of fused-ring (bicyclic) bond motifs is 1. The highest BCUT2D eigenvalue weighted by molar-refractivity contribution is 8.06. The van der Waals surface area contributed by atoms with Gasteiger partial charge in [-0.3, -0.25) is 14.5 Å². The third-order valence-corrected chi connectivity index (χ3v) is 8.89. The first kappa shape index (κ1) is 27.7. The number of thioether (sulfide) groups is 2. The molecule has 2 aliphatic rings. The van der Waals surface area contributed by atoms with E-state index in [2.05, 4.69) is 20.6 Å². The minimum absolute atomic E-state index is 0.109. The summed E-state index contributed by atoms with van der Waals surface area (Å²) in [6, 6.07) is 10.3. The predicted octanol–water partition coefficient (Wildman–Crippen LogP) is 2.92. The molecule has 2 aromatic heterocycles. The van der Waals surface area contributed by atoms with Crippen LogP contribution in [0.3, 0.4) is 0 Å². The summed E-state index contributed by atoms with van der Waals surface area (Å²) in [5, 5.41) is 23.0. The standard InChI is InChI=1S/C25H25N7O5S3/c1-25(2,3)37-30-17(14-11-39-24(26)28-14)20(33)29-18-21(34)31-19(23(35)36)15(12-38-22(18)31)40-16-9-10-27-32(16)13-7-5-4-6-8-13/h4-11,18,22H,12H2,1-3H3,(H2,26,28)(H,29,33)(H,35,36)/b30-17+/t18-,22-/m1/s1. The second kappa shape index (κ2) is 11.0. The van der Waals surface area contributed by atoms with E-state index >= 15 is 0 Å². The number of carboxylic acids is 1. The van der Waals surface area contributed by atoms with Crippen LogP contribution in [0.2, 0.25) is 0 Å². The number of hydrogen-bond acceptors (Lipinski definition) is 11. The van der Waals surface area contributed by atoms with Gasteiger partial charge in [-0.2, -0.15) is 5.10 Å². The van der Waals surface area contributed by atoms with Gasteiger partial charge in [-0.25, -0.2) is 14.5 Å². The zero-order valence-electron chi connectivity index (χ0n) is 21.6. The van der Waals surface area contributed by atoms with Gasteiger partial charge in [-0.15, -0.1) is 23.1 Å². The fourth-order valence-electron chi connectivity index (χ4n) is 3.92. The van der Waals surface area contributed by atoms with Crippen LogP contribution in [-0.2, 0) is 19.2 Å². The number of rotatable bonds is 8. The molecule has 2 aliphatic heterocycles. The average molecular weight is 600 g/mol. The Bertz CT molecular complexity index is 1530. The fraction of sp³-hybridized carbons (Fsp3) is 0.280. The Hall–Kier alpha value is -3.82. The average Bonchev–Trinajstić information content (AvgIpc) is 3.55. The molecule has 12 nitrogen and oxygen atoms in total. The number of carboxylic acid groups (broad SMARTS) is 1. The molecule has 1 saturated heterocycles. The molecule has 0 unspecified atom stereocenters. The number of nitrogens with zero attached hydrogens (tertiary/aromatic N) is 5. The number of nitrogens with two attached hydrogens (primary N) is 1. The summed E-state index contributed by atoms with van der Waals surface area (Å²) in [7, 11) is 0. The van der Waals surface area contributed by atoms with Crippen molar-refractivity contribution in [3.63, 3.8) is 0 Å². The smallest absolute Gasteiger partial charge is 0.353 e. The van der Waals surface area contributed by atoms with Crippen LogP contribution in [0.5, 0.6) is 0 Å². The number of benzene rings is 1. The number of amides is 2. The lowest BCUT2D eigenvalue weighted by molar-refractivity contribution is -0.150. The van der Waals surface area contributed by atoms with E-state index in [1.54, 1.807) is 43.1 Å². The molecule has 40 heavy (non-hydrogen) atoms. The number of nitrogen functional groups attached to an aromatic ring is 1. The van der Waals surface area contributed by atoms with E-state index in [9.17, 15) is 19.5 Å². The molecule has 4 heterocycles. The van der Waals surface area contributed by atoms with Crippen LogP contribution in [0.15, 0.2) is 68.8 Å². The summed E-state index contributed by atoms with van der Waals surface area (Å²) in [4.78, 5) is 50.1. The zero-order valence-corrected chi connectivity index (χ0v) is 24.0. The minimum Gasteiger partial charge on any atom is -0.477 e. The largest absolute Gasteiger partial charge is 0.477 e. The van der Waals surface area contributed by atoms with E-state index in [-0.39, 0.29) is 22.2 Å². The van der Waals surface area contributed by atoms with Crippen molar-refractivity contribution < 1.29 is 24.3 Å². The normalized spacial score (nSPS) is 19.2. The van der Waals surface area contributed by atoms with Crippen molar-refractivity contribution >= 4 is 63.5 Å². The Morgan fingerprint density at radius 3 is 2.65 bits per heavy atom. The zero-order chi connectivity index (χ0) is 28.6. The van der Waals surface area contributed by atoms with Crippen molar-refractivity contribution in [1.29, 1.82) is 0 Å². The lowest BCUT2D eigenvalue weighted by atomic mass is 10.0. The molecule has 2 atom stereocenters. The molecule has 1 aromatic carbocycles. The molecule has 3 aromatic rings. The van der Waals surface area contributed by atoms with Crippen molar-refractivity contribution in [3.8, 4) is 5.69 Å². The van der Waals surface area contributed by atoms with Crippen molar-refractivity contribution in [2.45, 2.75) is 42.8 Å². The second-order valence-corrected chi connectivity index (χ2v) is 12.8. The monoisotopic (exact) mass is 599 g/mol. The first-order valence-corrected chi connectivity index (χ1v) is 14.7. The molecule has 0 radical (unpaired) electrons. The Balaban J connectivity index is 1.36. The molecular formula is C25H25N7O5S3. The van der Waals surface area contributed by atoms with Crippen LogP contribution in [0.1, 0.15) is 26.5 Å². The number of thiazole rings is 1.